The van der Waals surface area contributed by atoms with Crippen molar-refractivity contribution in [2.75, 3.05) is 4.90 Å². The molecule has 4 aromatic rings. The van der Waals surface area contributed by atoms with Crippen molar-refractivity contribution in [1.82, 2.24) is 9.78 Å². The Labute approximate surface area is 203 Å². The summed E-state index contributed by atoms with van der Waals surface area (Å²) < 4.78 is 2.93. The molecule has 174 valence electrons. The van der Waals surface area contributed by atoms with E-state index in [1.54, 1.807) is 59.4 Å². The number of carbonyl (C=O) groups is 2. The molecule has 0 saturated carbocycles. The highest BCUT2D eigenvalue weighted by atomic mass is 16.3. The lowest BCUT2D eigenvalue weighted by Crippen LogP contribution is -2.39. The van der Waals surface area contributed by atoms with Crippen molar-refractivity contribution in [3.63, 3.8) is 0 Å². The fraction of sp³-hybridized carbons (Fsp3) is 0.143. The van der Waals surface area contributed by atoms with Crippen molar-refractivity contribution in [1.29, 1.82) is 0 Å². The van der Waals surface area contributed by atoms with Crippen LogP contribution in [0.4, 0.5) is 5.69 Å². The van der Waals surface area contributed by atoms with Gasteiger partial charge in [-0.25, -0.2) is 9.58 Å². The van der Waals surface area contributed by atoms with Crippen molar-refractivity contribution in [3.05, 3.63) is 102 Å². The monoisotopic (exact) mass is 464 g/mol. The maximum Gasteiger partial charge on any atom is 0.331 e. The fourth-order valence-corrected chi connectivity index (χ4v) is 4.33. The van der Waals surface area contributed by atoms with E-state index in [1.807, 2.05) is 51.1 Å². The van der Waals surface area contributed by atoms with Gasteiger partial charge in [0.2, 0.25) is 0 Å². The molecule has 3 heterocycles. The largest absolute Gasteiger partial charge is 0.858 e. The fourth-order valence-electron chi connectivity index (χ4n) is 4.33. The zero-order valence-corrected chi connectivity index (χ0v) is 19.7. The summed E-state index contributed by atoms with van der Waals surface area (Å²) in [6, 6.07) is 21.5. The highest BCUT2D eigenvalue weighted by molar-refractivity contribution is 6.53. The molecule has 0 N–H and O–H groups in total. The lowest BCUT2D eigenvalue weighted by atomic mass is 9.98. The molecule has 0 spiro atoms. The maximum absolute atomic E-state index is 13.9. The molecular formula is C28H24N4O3. The Balaban J connectivity index is 1.81. The van der Waals surface area contributed by atoms with Crippen LogP contribution >= 0.6 is 0 Å². The summed E-state index contributed by atoms with van der Waals surface area (Å²) in [5, 5.41) is 18.4. The van der Waals surface area contributed by atoms with E-state index in [2.05, 4.69) is 5.10 Å². The zero-order valence-electron chi connectivity index (χ0n) is 19.7. The summed E-state index contributed by atoms with van der Waals surface area (Å²) in [4.78, 5) is 28.8. The van der Waals surface area contributed by atoms with Crippen LogP contribution in [0.1, 0.15) is 36.6 Å². The second kappa shape index (κ2) is 8.68. The quantitative estimate of drug-likeness (QED) is 0.334. The third kappa shape index (κ3) is 3.71. The van der Waals surface area contributed by atoms with Crippen molar-refractivity contribution in [2.45, 2.75) is 26.7 Å². The predicted octanol–water partition coefficient (Wildman–Crippen LogP) is 3.61. The highest BCUT2D eigenvalue weighted by Crippen LogP contribution is 2.40. The first-order chi connectivity index (χ1) is 16.9. The van der Waals surface area contributed by atoms with Crippen LogP contribution < -0.4 is 14.6 Å². The summed E-state index contributed by atoms with van der Waals surface area (Å²) in [6.07, 6.45) is 3.49. The topological polar surface area (TPSA) is 82.1 Å². The number of para-hydroxylation sites is 2. The van der Waals surface area contributed by atoms with E-state index in [4.69, 9.17) is 0 Å². The minimum atomic E-state index is -0.545. The molecule has 5 rings (SSSR count). The molecule has 0 fully saturated rings. The molecular weight excluding hydrogens is 440 g/mol. The Hall–Kier alpha value is -4.52. The van der Waals surface area contributed by atoms with Gasteiger partial charge in [-0.3, -0.25) is 9.59 Å². The highest BCUT2D eigenvalue weighted by Gasteiger charge is 2.47. The predicted molar refractivity (Wildman–Crippen MR) is 131 cm³/mol. The number of pyridine rings is 1. The Bertz CT molecular complexity index is 1470. The van der Waals surface area contributed by atoms with Gasteiger partial charge in [-0.15, -0.1) is 0 Å². The molecule has 0 atom stereocenters. The minimum absolute atomic E-state index is 0.0605. The van der Waals surface area contributed by atoms with Gasteiger partial charge in [-0.05, 0) is 49.1 Å². The normalized spacial score (nSPS) is 13.9. The molecule has 0 bridgehead atoms. The third-order valence-corrected chi connectivity index (χ3v) is 5.95. The number of benzene rings is 2. The molecule has 2 amide bonds. The number of nitrogens with zero attached hydrogens (tertiary/aromatic N) is 4. The maximum atomic E-state index is 13.9. The number of rotatable bonds is 5. The van der Waals surface area contributed by atoms with Crippen LogP contribution in [0.5, 0.6) is 5.88 Å². The molecule has 0 saturated heterocycles. The van der Waals surface area contributed by atoms with E-state index in [-0.39, 0.29) is 22.8 Å². The van der Waals surface area contributed by atoms with Crippen molar-refractivity contribution in [2.24, 2.45) is 0 Å². The van der Waals surface area contributed by atoms with E-state index >= 15 is 0 Å². The minimum Gasteiger partial charge on any atom is -0.858 e. The number of anilines is 1. The van der Waals surface area contributed by atoms with Gasteiger partial charge in [0.25, 0.3) is 11.6 Å². The molecule has 0 aliphatic carbocycles. The van der Waals surface area contributed by atoms with Gasteiger partial charge in [0.15, 0.2) is 12.4 Å². The summed E-state index contributed by atoms with van der Waals surface area (Å²) in [6.45, 7) is 5.73. The molecule has 2 aromatic carbocycles. The number of aromatic nitrogens is 3. The van der Waals surface area contributed by atoms with Crippen LogP contribution in [0.25, 0.3) is 17.0 Å². The van der Waals surface area contributed by atoms with Gasteiger partial charge in [0.1, 0.15) is 5.57 Å². The lowest BCUT2D eigenvalue weighted by Gasteiger charge is -2.16. The smallest absolute Gasteiger partial charge is 0.331 e. The van der Waals surface area contributed by atoms with Crippen LogP contribution in [0.15, 0.2) is 85.2 Å². The van der Waals surface area contributed by atoms with Gasteiger partial charge in [-0.1, -0.05) is 50.2 Å². The standard InChI is InChI=1S/C28H24N4O3/c1-18(2)24-22(27(34)32(29-24)21-14-8-5-9-15-21)23-25(30-16-10-11-19(3)17-30)28(35)31(26(23)33)20-12-6-4-7-13-20/h4-18H,1-3H3. The molecule has 7 nitrogen and oxygen atoms in total. The molecule has 0 radical (unpaired) electrons. The summed E-state index contributed by atoms with van der Waals surface area (Å²) in [7, 11) is 0. The Morgan fingerprint density at radius 3 is 2.09 bits per heavy atom. The van der Waals surface area contributed by atoms with Crippen LogP contribution in [0.2, 0.25) is 0 Å². The number of amides is 2. The van der Waals surface area contributed by atoms with Crippen molar-refractivity contribution < 1.29 is 19.3 Å². The SMILES string of the molecule is Cc1ccc[n+](C2=C(c3c(C(C)C)nn(-c4ccccc4)c3[O-])C(=O)N(c3ccccc3)C2=O)c1. The Kier molecular flexibility index (Phi) is 5.53. The first-order valence-corrected chi connectivity index (χ1v) is 11.4. The Morgan fingerprint density at radius 1 is 0.857 bits per heavy atom. The third-order valence-electron chi connectivity index (χ3n) is 5.95. The zero-order chi connectivity index (χ0) is 24.7. The summed E-state index contributed by atoms with van der Waals surface area (Å²) in [5.41, 5.74) is 2.76. The van der Waals surface area contributed by atoms with Gasteiger partial charge in [0.05, 0.1) is 17.1 Å². The van der Waals surface area contributed by atoms with E-state index in [0.717, 1.165) is 10.5 Å². The van der Waals surface area contributed by atoms with E-state index in [1.165, 1.54) is 4.68 Å². The lowest BCUT2D eigenvalue weighted by molar-refractivity contribution is -0.577. The number of hydrogen-bond donors (Lipinski definition) is 0. The van der Waals surface area contributed by atoms with Crippen LogP contribution in [0, 0.1) is 6.92 Å². The van der Waals surface area contributed by atoms with E-state index in [0.29, 0.717) is 17.1 Å². The first kappa shape index (κ1) is 22.3. The molecule has 0 unspecified atom stereocenters. The summed E-state index contributed by atoms with van der Waals surface area (Å²) >= 11 is 0. The molecule has 1 aliphatic rings. The second-order valence-electron chi connectivity index (χ2n) is 8.76. The number of imide groups is 1. The molecule has 1 aliphatic heterocycles. The van der Waals surface area contributed by atoms with Crippen LogP contribution in [-0.2, 0) is 9.59 Å². The number of aryl methyl sites for hydroxylation is 1. The second-order valence-corrected chi connectivity index (χ2v) is 8.76. The first-order valence-electron chi connectivity index (χ1n) is 11.4. The summed E-state index contributed by atoms with van der Waals surface area (Å²) in [5.74, 6) is -1.63. The van der Waals surface area contributed by atoms with Crippen molar-refractivity contribution in [3.8, 4) is 11.6 Å². The van der Waals surface area contributed by atoms with Gasteiger partial charge >= 0.3 is 5.91 Å². The van der Waals surface area contributed by atoms with E-state index in [9.17, 15) is 14.7 Å². The van der Waals surface area contributed by atoms with Crippen molar-refractivity contribution >= 4 is 28.8 Å². The average Bonchev–Trinajstić information content (AvgIpc) is 3.33. The van der Waals surface area contributed by atoms with E-state index < -0.39 is 17.7 Å². The molecule has 35 heavy (non-hydrogen) atoms. The number of carbonyl (C=O) groups excluding carboxylic acids is 2. The van der Waals surface area contributed by atoms with Crippen LogP contribution in [0.3, 0.4) is 0 Å². The number of hydrogen-bond acceptors (Lipinski definition) is 4. The van der Waals surface area contributed by atoms with Crippen LogP contribution in [-0.4, -0.2) is 21.6 Å². The molecule has 2 aromatic heterocycles. The van der Waals surface area contributed by atoms with Gasteiger partial charge in [-0.2, -0.15) is 9.67 Å². The van der Waals surface area contributed by atoms with Gasteiger partial charge < -0.3 is 5.11 Å². The average molecular weight is 465 g/mol. The Morgan fingerprint density at radius 2 is 1.49 bits per heavy atom. The molecule has 7 heteroatoms. The van der Waals surface area contributed by atoms with Gasteiger partial charge in [0, 0.05) is 17.2 Å².